The molecule has 3 aromatic rings. The van der Waals surface area contributed by atoms with E-state index in [0.29, 0.717) is 0 Å². The fourth-order valence-corrected chi connectivity index (χ4v) is 4.41. The number of methoxy groups -OCH3 is 2. The van der Waals surface area contributed by atoms with E-state index in [1.165, 1.54) is 0 Å². The molecule has 0 bridgehead atoms. The van der Waals surface area contributed by atoms with Gasteiger partial charge in [-0.25, -0.2) is 0 Å². The second-order valence-corrected chi connectivity index (χ2v) is 7.37. The van der Waals surface area contributed by atoms with E-state index in [4.69, 9.17) is 22.1 Å². The highest BCUT2D eigenvalue weighted by molar-refractivity contribution is 7.81. The normalized spacial score (nSPS) is 12.2. The number of rotatable bonds is 8. The highest BCUT2D eigenvalue weighted by atomic mass is 32.1. The Morgan fingerprint density at radius 1 is 0.828 bits per heavy atom. The Bertz CT molecular complexity index is 889. The molecule has 0 unspecified atom stereocenters. The predicted molar refractivity (Wildman–Crippen MR) is 117 cm³/mol. The third-order valence-corrected chi connectivity index (χ3v) is 5.76. The Labute approximate surface area is 176 Å². The molecule has 0 radical (unpaired) electrons. The topological polar surface area (TPSA) is 55.8 Å². The predicted octanol–water partition coefficient (Wildman–Crippen LogP) is 4.81. The first kappa shape index (κ1) is 20.8. The zero-order valence-corrected chi connectivity index (χ0v) is 17.3. The monoisotopic (exact) mass is 408 g/mol. The fraction of sp³-hybridized carbons (Fsp3) is 0.208. The molecule has 0 saturated heterocycles. The van der Waals surface area contributed by atoms with Crippen molar-refractivity contribution in [2.45, 2.75) is 17.1 Å². The number of aliphatic carboxylic acids is 1. The molecule has 1 N–H and O–H groups in total. The maximum atomic E-state index is 11.7. The molecule has 0 aliphatic rings. The maximum absolute atomic E-state index is 11.7. The minimum absolute atomic E-state index is 0.101. The minimum atomic E-state index is -0.896. The SMILES string of the molecule is COc1ccc(C(c2ccccc2)(c2ccc(OC)cc2)[C@@H](S)CC(=O)O)cc1. The molecule has 0 aromatic heterocycles. The van der Waals surface area contributed by atoms with Gasteiger partial charge in [-0.3, -0.25) is 4.79 Å². The number of carboxylic acids is 1. The van der Waals surface area contributed by atoms with E-state index in [0.717, 1.165) is 28.2 Å². The van der Waals surface area contributed by atoms with Gasteiger partial charge in [0.05, 0.1) is 26.1 Å². The standard InChI is InChI=1S/C24H24O4S/c1-27-20-12-8-18(9-13-20)24(22(29)16-23(25)26,17-6-4-3-5-7-17)19-10-14-21(28-2)15-11-19/h3-15,22,29H,16H2,1-2H3,(H,25,26)/t22-/m0/s1. The van der Waals surface area contributed by atoms with Gasteiger partial charge in [0.25, 0.3) is 0 Å². The van der Waals surface area contributed by atoms with Gasteiger partial charge in [-0.2, -0.15) is 12.6 Å². The average molecular weight is 409 g/mol. The molecule has 0 aliphatic heterocycles. The lowest BCUT2D eigenvalue weighted by Gasteiger charge is -2.40. The molecule has 0 saturated carbocycles. The van der Waals surface area contributed by atoms with E-state index in [1.807, 2.05) is 78.9 Å². The summed E-state index contributed by atoms with van der Waals surface area (Å²) in [6, 6.07) is 25.3. The van der Waals surface area contributed by atoms with E-state index in [-0.39, 0.29) is 6.42 Å². The van der Waals surface area contributed by atoms with E-state index < -0.39 is 16.6 Å². The van der Waals surface area contributed by atoms with Crippen LogP contribution < -0.4 is 9.47 Å². The van der Waals surface area contributed by atoms with Crippen LogP contribution in [0.2, 0.25) is 0 Å². The first-order valence-corrected chi connectivity index (χ1v) is 9.78. The number of thiol groups is 1. The van der Waals surface area contributed by atoms with Gasteiger partial charge in [0, 0.05) is 5.25 Å². The third kappa shape index (κ3) is 4.10. The number of hydrogen-bond donors (Lipinski definition) is 2. The van der Waals surface area contributed by atoms with Crippen molar-refractivity contribution >= 4 is 18.6 Å². The molecular weight excluding hydrogens is 384 g/mol. The summed E-state index contributed by atoms with van der Waals surface area (Å²) in [6.45, 7) is 0. The molecule has 1 atom stereocenters. The number of carbonyl (C=O) groups is 1. The van der Waals surface area contributed by atoms with Crippen molar-refractivity contribution in [2.24, 2.45) is 0 Å². The summed E-state index contributed by atoms with van der Waals surface area (Å²) in [4.78, 5) is 11.7. The molecule has 0 spiro atoms. The molecule has 3 rings (SSSR count). The molecule has 4 nitrogen and oxygen atoms in total. The largest absolute Gasteiger partial charge is 0.497 e. The second kappa shape index (κ2) is 9.05. The van der Waals surface area contributed by atoms with Crippen LogP contribution in [0.3, 0.4) is 0 Å². The van der Waals surface area contributed by atoms with E-state index in [2.05, 4.69) is 0 Å². The van der Waals surface area contributed by atoms with Crippen molar-refractivity contribution in [1.82, 2.24) is 0 Å². The van der Waals surface area contributed by atoms with Gasteiger partial charge in [-0.15, -0.1) is 0 Å². The van der Waals surface area contributed by atoms with Crippen molar-refractivity contribution in [2.75, 3.05) is 14.2 Å². The Balaban J connectivity index is 2.31. The van der Waals surface area contributed by atoms with Gasteiger partial charge >= 0.3 is 5.97 Å². The zero-order chi connectivity index (χ0) is 20.9. The van der Waals surface area contributed by atoms with Crippen LogP contribution >= 0.6 is 12.6 Å². The minimum Gasteiger partial charge on any atom is -0.497 e. The first-order chi connectivity index (χ1) is 14.0. The lowest BCUT2D eigenvalue weighted by Crippen LogP contribution is -2.40. The summed E-state index contributed by atoms with van der Waals surface area (Å²) in [7, 11) is 3.24. The van der Waals surface area contributed by atoms with Gasteiger partial charge < -0.3 is 14.6 Å². The van der Waals surface area contributed by atoms with Gasteiger partial charge in [0.15, 0.2) is 0 Å². The molecule has 150 valence electrons. The summed E-state index contributed by atoms with van der Waals surface area (Å²) in [5, 5.41) is 9.05. The van der Waals surface area contributed by atoms with Crippen LogP contribution in [0, 0.1) is 0 Å². The molecule has 5 heteroatoms. The molecule has 0 fully saturated rings. The second-order valence-electron chi connectivity index (χ2n) is 6.74. The van der Waals surface area contributed by atoms with Crippen LogP contribution in [0.5, 0.6) is 11.5 Å². The highest BCUT2D eigenvalue weighted by Gasteiger charge is 2.43. The van der Waals surface area contributed by atoms with Crippen molar-refractivity contribution in [1.29, 1.82) is 0 Å². The molecule has 0 amide bonds. The van der Waals surface area contributed by atoms with Crippen molar-refractivity contribution < 1.29 is 19.4 Å². The van der Waals surface area contributed by atoms with Crippen molar-refractivity contribution in [3.63, 3.8) is 0 Å². The fourth-order valence-electron chi connectivity index (χ4n) is 3.80. The number of ether oxygens (including phenoxy) is 2. The lowest BCUT2D eigenvalue weighted by molar-refractivity contribution is -0.137. The number of carboxylic acid groups (broad SMARTS) is 1. The first-order valence-electron chi connectivity index (χ1n) is 9.26. The Morgan fingerprint density at radius 3 is 1.62 bits per heavy atom. The van der Waals surface area contributed by atoms with Gasteiger partial charge in [0.2, 0.25) is 0 Å². The average Bonchev–Trinajstić information content (AvgIpc) is 2.75. The van der Waals surface area contributed by atoms with Crippen LogP contribution in [0.15, 0.2) is 78.9 Å². The third-order valence-electron chi connectivity index (χ3n) is 5.19. The molecule has 3 aromatic carbocycles. The smallest absolute Gasteiger partial charge is 0.304 e. The van der Waals surface area contributed by atoms with Crippen LogP contribution in [0.1, 0.15) is 23.1 Å². The van der Waals surface area contributed by atoms with Crippen LogP contribution in [-0.4, -0.2) is 30.5 Å². The van der Waals surface area contributed by atoms with Gasteiger partial charge in [0.1, 0.15) is 11.5 Å². The molecular formula is C24H24O4S. The zero-order valence-electron chi connectivity index (χ0n) is 16.4. The Kier molecular flexibility index (Phi) is 6.49. The number of benzene rings is 3. The van der Waals surface area contributed by atoms with E-state index >= 15 is 0 Å². The summed E-state index contributed by atoms with van der Waals surface area (Å²) in [5.41, 5.74) is 2.07. The maximum Gasteiger partial charge on any atom is 0.304 e. The van der Waals surface area contributed by atoms with Crippen molar-refractivity contribution in [3.05, 3.63) is 95.6 Å². The number of hydrogen-bond acceptors (Lipinski definition) is 4. The van der Waals surface area contributed by atoms with Crippen LogP contribution in [0.25, 0.3) is 0 Å². The van der Waals surface area contributed by atoms with Gasteiger partial charge in [-0.05, 0) is 41.0 Å². The van der Waals surface area contributed by atoms with Crippen molar-refractivity contribution in [3.8, 4) is 11.5 Å². The highest BCUT2D eigenvalue weighted by Crippen LogP contribution is 2.46. The summed E-state index contributed by atoms with van der Waals surface area (Å²) in [5.74, 6) is 0.575. The van der Waals surface area contributed by atoms with E-state index in [1.54, 1.807) is 14.2 Å². The Morgan fingerprint density at radius 2 is 1.24 bits per heavy atom. The summed E-state index contributed by atoms with van der Waals surface area (Å²) >= 11 is 4.84. The summed E-state index contributed by atoms with van der Waals surface area (Å²) < 4.78 is 10.6. The summed E-state index contributed by atoms with van der Waals surface area (Å²) in [6.07, 6.45) is -0.101. The van der Waals surface area contributed by atoms with Crippen LogP contribution in [0.4, 0.5) is 0 Å². The lowest BCUT2D eigenvalue weighted by atomic mass is 9.66. The Hall–Kier alpha value is -2.92. The molecule has 29 heavy (non-hydrogen) atoms. The quantitative estimate of drug-likeness (QED) is 0.415. The van der Waals surface area contributed by atoms with Crippen LogP contribution in [-0.2, 0) is 10.2 Å². The molecule has 0 aliphatic carbocycles. The van der Waals surface area contributed by atoms with Gasteiger partial charge in [-0.1, -0.05) is 54.6 Å². The molecule has 0 heterocycles. The van der Waals surface area contributed by atoms with E-state index in [9.17, 15) is 9.90 Å².